The summed E-state index contributed by atoms with van der Waals surface area (Å²) in [6.07, 6.45) is 0. The number of carbonyl (C=O) groups is 2. The van der Waals surface area contributed by atoms with Crippen LogP contribution in [0.4, 0.5) is 15.8 Å². The van der Waals surface area contributed by atoms with Crippen molar-refractivity contribution >= 4 is 35.0 Å². The van der Waals surface area contributed by atoms with E-state index in [0.717, 1.165) is 5.56 Å². The maximum atomic E-state index is 13.2. The molecule has 0 unspecified atom stereocenters. The van der Waals surface area contributed by atoms with Crippen LogP contribution in [0.1, 0.15) is 21.3 Å². The minimum Gasteiger partial charge on any atom is -0.322 e. The van der Waals surface area contributed by atoms with Gasteiger partial charge in [-0.05, 0) is 54.1 Å². The van der Waals surface area contributed by atoms with Crippen LogP contribution in [-0.2, 0) is 4.79 Å². The molecule has 4 nitrogen and oxygen atoms in total. The van der Waals surface area contributed by atoms with E-state index in [1.165, 1.54) is 23.9 Å². The maximum absolute atomic E-state index is 13.2. The normalized spacial score (nSPS) is 16.2. The van der Waals surface area contributed by atoms with Crippen LogP contribution in [0.5, 0.6) is 0 Å². The van der Waals surface area contributed by atoms with Crippen molar-refractivity contribution in [1.82, 2.24) is 0 Å². The topological polar surface area (TPSA) is 49.4 Å². The van der Waals surface area contributed by atoms with E-state index in [1.807, 2.05) is 42.5 Å². The number of halogens is 1. The zero-order chi connectivity index (χ0) is 19.5. The Bertz CT molecular complexity index is 991. The largest absolute Gasteiger partial charge is 0.322 e. The van der Waals surface area contributed by atoms with Gasteiger partial charge < -0.3 is 5.32 Å². The molecule has 0 spiro atoms. The molecule has 2 amide bonds. The average Bonchev–Trinajstić information content (AvgIpc) is 3.11. The number of thioether (sulfide) groups is 1. The summed E-state index contributed by atoms with van der Waals surface area (Å²) in [5.74, 6) is -0.151. The minimum atomic E-state index is -0.335. The molecule has 1 saturated heterocycles. The highest BCUT2D eigenvalue weighted by Crippen LogP contribution is 2.41. The molecule has 0 bridgehead atoms. The first kappa shape index (κ1) is 18.3. The highest BCUT2D eigenvalue weighted by Gasteiger charge is 2.34. The van der Waals surface area contributed by atoms with Crippen molar-refractivity contribution < 1.29 is 14.0 Å². The fourth-order valence-electron chi connectivity index (χ4n) is 3.08. The highest BCUT2D eigenvalue weighted by molar-refractivity contribution is 8.00. The lowest BCUT2D eigenvalue weighted by molar-refractivity contribution is -0.115. The SMILES string of the molecule is O=C(Nc1ccc([C@@H]2SCC(=O)N2c2ccc(F)cc2)cc1)c1ccccc1. The number of hydrogen-bond donors (Lipinski definition) is 1. The van der Waals surface area contributed by atoms with Gasteiger partial charge >= 0.3 is 0 Å². The summed E-state index contributed by atoms with van der Waals surface area (Å²) in [7, 11) is 0. The van der Waals surface area contributed by atoms with Crippen LogP contribution >= 0.6 is 11.8 Å². The van der Waals surface area contributed by atoms with Gasteiger partial charge in [0.15, 0.2) is 0 Å². The molecular formula is C22H17FN2O2S. The Morgan fingerprint density at radius 2 is 1.64 bits per heavy atom. The summed E-state index contributed by atoms with van der Waals surface area (Å²) in [6.45, 7) is 0. The molecule has 1 fully saturated rings. The Morgan fingerprint density at radius 3 is 2.32 bits per heavy atom. The Balaban J connectivity index is 1.52. The van der Waals surface area contributed by atoms with Gasteiger partial charge in [-0.3, -0.25) is 14.5 Å². The summed E-state index contributed by atoms with van der Waals surface area (Å²) in [4.78, 5) is 26.3. The first-order chi connectivity index (χ1) is 13.6. The smallest absolute Gasteiger partial charge is 0.255 e. The molecule has 6 heteroatoms. The van der Waals surface area contributed by atoms with Crippen molar-refractivity contribution in [3.05, 3.63) is 95.8 Å². The van der Waals surface area contributed by atoms with Crippen LogP contribution in [-0.4, -0.2) is 17.6 Å². The number of rotatable bonds is 4. The van der Waals surface area contributed by atoms with Gasteiger partial charge in [-0.25, -0.2) is 4.39 Å². The van der Waals surface area contributed by atoms with Gasteiger partial charge in [0.05, 0.1) is 5.75 Å². The number of nitrogens with one attached hydrogen (secondary N) is 1. The lowest BCUT2D eigenvalue weighted by Gasteiger charge is -2.24. The van der Waals surface area contributed by atoms with Crippen molar-refractivity contribution in [2.75, 3.05) is 16.0 Å². The van der Waals surface area contributed by atoms with Gasteiger partial charge in [0.25, 0.3) is 5.91 Å². The van der Waals surface area contributed by atoms with E-state index < -0.39 is 0 Å². The predicted molar refractivity (Wildman–Crippen MR) is 110 cm³/mol. The molecule has 3 aromatic carbocycles. The summed E-state index contributed by atoms with van der Waals surface area (Å²) in [6, 6.07) is 22.4. The molecule has 0 aliphatic carbocycles. The Hall–Kier alpha value is -3.12. The second-order valence-electron chi connectivity index (χ2n) is 6.35. The third-order valence-corrected chi connectivity index (χ3v) is 5.67. The van der Waals surface area contributed by atoms with Crippen LogP contribution in [0.3, 0.4) is 0 Å². The van der Waals surface area contributed by atoms with Crippen molar-refractivity contribution in [3.8, 4) is 0 Å². The Labute approximate surface area is 166 Å². The summed E-state index contributed by atoms with van der Waals surface area (Å²) < 4.78 is 13.2. The molecule has 1 N–H and O–H groups in total. The van der Waals surface area contributed by atoms with Gasteiger partial charge in [-0.1, -0.05) is 30.3 Å². The fourth-order valence-corrected chi connectivity index (χ4v) is 4.25. The molecule has 1 aliphatic heterocycles. The summed E-state index contributed by atoms with van der Waals surface area (Å²) in [5.41, 5.74) is 2.88. The molecule has 4 rings (SSSR count). The van der Waals surface area contributed by atoms with Crippen molar-refractivity contribution in [3.63, 3.8) is 0 Å². The van der Waals surface area contributed by atoms with Crippen molar-refractivity contribution in [1.29, 1.82) is 0 Å². The van der Waals surface area contributed by atoms with Crippen LogP contribution in [0, 0.1) is 5.82 Å². The summed E-state index contributed by atoms with van der Waals surface area (Å²) in [5, 5.41) is 2.68. The van der Waals surface area contributed by atoms with Crippen LogP contribution in [0.25, 0.3) is 0 Å². The molecule has 0 radical (unpaired) electrons. The highest BCUT2D eigenvalue weighted by atomic mass is 32.2. The number of benzene rings is 3. The first-order valence-electron chi connectivity index (χ1n) is 8.77. The molecule has 3 aromatic rings. The standard InChI is InChI=1S/C22H17FN2O2S/c23-17-8-12-19(13-9-17)25-20(26)14-28-22(25)16-6-10-18(11-7-16)24-21(27)15-4-2-1-3-5-15/h1-13,22H,14H2,(H,24,27)/t22-/m0/s1. The van der Waals surface area contributed by atoms with Crippen LogP contribution in [0.15, 0.2) is 78.9 Å². The fraction of sp³-hybridized carbons (Fsp3) is 0.0909. The van der Waals surface area contributed by atoms with E-state index >= 15 is 0 Å². The number of anilines is 2. The molecular weight excluding hydrogens is 375 g/mol. The van der Waals surface area contributed by atoms with Gasteiger partial charge in [-0.2, -0.15) is 0 Å². The van der Waals surface area contributed by atoms with E-state index in [-0.39, 0.29) is 23.0 Å². The third kappa shape index (κ3) is 3.77. The van der Waals surface area contributed by atoms with Gasteiger partial charge in [0, 0.05) is 16.9 Å². The van der Waals surface area contributed by atoms with E-state index in [4.69, 9.17) is 0 Å². The molecule has 1 heterocycles. The monoisotopic (exact) mass is 392 g/mol. The molecule has 0 saturated carbocycles. The molecule has 28 heavy (non-hydrogen) atoms. The molecule has 0 aromatic heterocycles. The van der Waals surface area contributed by atoms with E-state index in [1.54, 1.807) is 29.2 Å². The zero-order valence-corrected chi connectivity index (χ0v) is 15.7. The van der Waals surface area contributed by atoms with Gasteiger partial charge in [-0.15, -0.1) is 11.8 Å². The predicted octanol–water partition coefficient (Wildman–Crippen LogP) is 4.86. The molecule has 140 valence electrons. The van der Waals surface area contributed by atoms with E-state index in [2.05, 4.69) is 5.32 Å². The lowest BCUT2D eigenvalue weighted by Crippen LogP contribution is -2.27. The van der Waals surface area contributed by atoms with E-state index in [9.17, 15) is 14.0 Å². The Morgan fingerprint density at radius 1 is 0.964 bits per heavy atom. The zero-order valence-electron chi connectivity index (χ0n) is 14.8. The van der Waals surface area contributed by atoms with E-state index in [0.29, 0.717) is 22.7 Å². The minimum absolute atomic E-state index is 0.0111. The third-order valence-electron chi connectivity index (χ3n) is 4.46. The second kappa shape index (κ2) is 7.86. The second-order valence-corrected chi connectivity index (χ2v) is 7.41. The number of hydrogen-bond acceptors (Lipinski definition) is 3. The lowest BCUT2D eigenvalue weighted by atomic mass is 10.1. The first-order valence-corrected chi connectivity index (χ1v) is 9.82. The van der Waals surface area contributed by atoms with Gasteiger partial charge in [0.1, 0.15) is 11.2 Å². The average molecular weight is 392 g/mol. The number of amides is 2. The van der Waals surface area contributed by atoms with Crippen LogP contribution in [0.2, 0.25) is 0 Å². The molecule has 1 aliphatic rings. The number of nitrogens with zero attached hydrogens (tertiary/aromatic N) is 1. The van der Waals surface area contributed by atoms with Gasteiger partial charge in [0.2, 0.25) is 5.91 Å². The van der Waals surface area contributed by atoms with Crippen molar-refractivity contribution in [2.45, 2.75) is 5.37 Å². The molecule has 1 atom stereocenters. The Kier molecular flexibility index (Phi) is 5.12. The number of carbonyl (C=O) groups excluding carboxylic acids is 2. The summed E-state index contributed by atoms with van der Waals surface area (Å²) >= 11 is 1.52. The van der Waals surface area contributed by atoms with Crippen molar-refractivity contribution in [2.24, 2.45) is 0 Å². The van der Waals surface area contributed by atoms with Crippen LogP contribution < -0.4 is 10.2 Å². The maximum Gasteiger partial charge on any atom is 0.255 e. The quantitative estimate of drug-likeness (QED) is 0.690.